The Morgan fingerprint density at radius 1 is 1.39 bits per heavy atom. The molecule has 0 saturated carbocycles. The van der Waals surface area contributed by atoms with Gasteiger partial charge in [0.05, 0.1) is 0 Å². The third-order valence-corrected chi connectivity index (χ3v) is 3.65. The lowest BCUT2D eigenvalue weighted by Crippen LogP contribution is -2.35. The van der Waals surface area contributed by atoms with Gasteiger partial charge in [0.1, 0.15) is 5.82 Å². The first-order valence-electron chi connectivity index (χ1n) is 6.45. The Balaban J connectivity index is 1.92. The highest BCUT2D eigenvalue weighted by molar-refractivity contribution is 5.47. The Morgan fingerprint density at radius 3 is 2.72 bits per heavy atom. The summed E-state index contributed by atoms with van der Waals surface area (Å²) in [6.07, 6.45) is 2.23. The number of hydrogen-bond donors (Lipinski definition) is 1. The molecule has 1 fully saturated rings. The monoisotopic (exact) mass is 252 g/mol. The first-order chi connectivity index (χ1) is 8.70. The van der Waals surface area contributed by atoms with Crippen molar-refractivity contribution in [3.05, 3.63) is 29.6 Å². The summed E-state index contributed by atoms with van der Waals surface area (Å²) in [4.78, 5) is 2.26. The zero-order chi connectivity index (χ0) is 13.0. The van der Waals surface area contributed by atoms with E-state index in [0.29, 0.717) is 23.7 Å². The van der Waals surface area contributed by atoms with Crippen LogP contribution < -0.4 is 5.73 Å². The van der Waals surface area contributed by atoms with Gasteiger partial charge >= 0.3 is 0 Å². The summed E-state index contributed by atoms with van der Waals surface area (Å²) >= 11 is 0. The second kappa shape index (κ2) is 6.16. The van der Waals surface area contributed by atoms with Crippen LogP contribution in [0.4, 0.5) is 10.1 Å². The number of anilines is 1. The predicted octanol–water partition coefficient (Wildman–Crippen LogP) is 2.27. The molecule has 2 N–H and O–H groups in total. The Morgan fingerprint density at radius 2 is 2.11 bits per heavy atom. The van der Waals surface area contributed by atoms with Gasteiger partial charge in [0.15, 0.2) is 0 Å². The quantitative estimate of drug-likeness (QED) is 0.835. The highest BCUT2D eigenvalue weighted by Crippen LogP contribution is 2.22. The van der Waals surface area contributed by atoms with E-state index in [1.54, 1.807) is 19.2 Å². The molecule has 1 aromatic rings. The Bertz CT molecular complexity index is 369. The minimum Gasteiger partial charge on any atom is -0.398 e. The molecule has 100 valence electrons. The fourth-order valence-electron chi connectivity index (χ4n) is 2.51. The van der Waals surface area contributed by atoms with E-state index in [2.05, 4.69) is 4.90 Å². The number of piperidine rings is 1. The minimum atomic E-state index is -0.200. The number of benzene rings is 1. The molecule has 0 radical (unpaired) electrons. The van der Waals surface area contributed by atoms with E-state index in [-0.39, 0.29) is 5.82 Å². The largest absolute Gasteiger partial charge is 0.398 e. The van der Waals surface area contributed by atoms with E-state index in [9.17, 15) is 4.39 Å². The van der Waals surface area contributed by atoms with Crippen LogP contribution >= 0.6 is 0 Å². The zero-order valence-electron chi connectivity index (χ0n) is 10.9. The highest BCUT2D eigenvalue weighted by Gasteiger charge is 2.20. The summed E-state index contributed by atoms with van der Waals surface area (Å²) in [6, 6.07) is 4.89. The number of rotatable bonds is 4. The molecule has 0 aliphatic carbocycles. The molecule has 1 heterocycles. The number of hydrogen-bond acceptors (Lipinski definition) is 3. The third-order valence-electron chi connectivity index (χ3n) is 3.65. The lowest BCUT2D eigenvalue weighted by atomic mass is 9.97. The van der Waals surface area contributed by atoms with E-state index in [1.165, 1.54) is 6.07 Å². The molecule has 2 rings (SSSR count). The SMILES string of the molecule is COCC1CCN(Cc2c(N)cccc2F)CC1. The second-order valence-corrected chi connectivity index (χ2v) is 4.98. The number of nitrogens with zero attached hydrogens (tertiary/aromatic N) is 1. The van der Waals surface area contributed by atoms with Gasteiger partial charge in [-0.3, -0.25) is 4.90 Å². The van der Waals surface area contributed by atoms with Crippen LogP contribution in [0.5, 0.6) is 0 Å². The zero-order valence-corrected chi connectivity index (χ0v) is 10.9. The fourth-order valence-corrected chi connectivity index (χ4v) is 2.51. The summed E-state index contributed by atoms with van der Waals surface area (Å²) in [7, 11) is 1.74. The smallest absolute Gasteiger partial charge is 0.129 e. The van der Waals surface area contributed by atoms with Crippen molar-refractivity contribution in [3.8, 4) is 0 Å². The summed E-state index contributed by atoms with van der Waals surface area (Å²) in [5, 5.41) is 0. The van der Waals surface area contributed by atoms with Crippen molar-refractivity contribution in [3.63, 3.8) is 0 Å². The highest BCUT2D eigenvalue weighted by atomic mass is 19.1. The van der Waals surface area contributed by atoms with Crippen molar-refractivity contribution >= 4 is 5.69 Å². The topological polar surface area (TPSA) is 38.5 Å². The standard InChI is InChI=1S/C14H21FN2O/c1-18-10-11-5-7-17(8-6-11)9-12-13(15)3-2-4-14(12)16/h2-4,11H,5-10,16H2,1H3. The van der Waals surface area contributed by atoms with E-state index >= 15 is 0 Å². The van der Waals surface area contributed by atoms with Gasteiger partial charge in [-0.1, -0.05) is 6.07 Å². The van der Waals surface area contributed by atoms with Crippen LogP contribution in [0.3, 0.4) is 0 Å². The van der Waals surface area contributed by atoms with Crippen LogP contribution in [0.2, 0.25) is 0 Å². The molecule has 0 atom stereocenters. The van der Waals surface area contributed by atoms with Gasteiger partial charge < -0.3 is 10.5 Å². The molecule has 0 bridgehead atoms. The van der Waals surface area contributed by atoms with Gasteiger partial charge in [0.25, 0.3) is 0 Å². The molecular weight excluding hydrogens is 231 g/mol. The third kappa shape index (κ3) is 3.21. The van der Waals surface area contributed by atoms with Crippen molar-refractivity contribution in [2.75, 3.05) is 32.5 Å². The molecule has 3 nitrogen and oxygen atoms in total. The van der Waals surface area contributed by atoms with Crippen LogP contribution in [0.25, 0.3) is 0 Å². The van der Waals surface area contributed by atoms with Gasteiger partial charge in [0, 0.05) is 31.5 Å². The predicted molar refractivity (Wildman–Crippen MR) is 70.7 cm³/mol. The first-order valence-corrected chi connectivity index (χ1v) is 6.45. The maximum atomic E-state index is 13.7. The molecule has 1 saturated heterocycles. The van der Waals surface area contributed by atoms with E-state index in [0.717, 1.165) is 32.5 Å². The van der Waals surface area contributed by atoms with Crippen molar-refractivity contribution < 1.29 is 9.13 Å². The Kier molecular flexibility index (Phi) is 4.55. The summed E-state index contributed by atoms with van der Waals surface area (Å²) < 4.78 is 18.9. The minimum absolute atomic E-state index is 0.200. The molecule has 4 heteroatoms. The van der Waals surface area contributed by atoms with Gasteiger partial charge in [-0.15, -0.1) is 0 Å². The summed E-state index contributed by atoms with van der Waals surface area (Å²) in [5.74, 6) is 0.443. The molecule has 1 aliphatic rings. The average Bonchev–Trinajstić information content (AvgIpc) is 2.36. The van der Waals surface area contributed by atoms with Crippen LogP contribution in [0, 0.1) is 11.7 Å². The molecule has 0 amide bonds. The summed E-state index contributed by atoms with van der Waals surface area (Å²) in [5.41, 5.74) is 7.00. The van der Waals surface area contributed by atoms with Crippen LogP contribution in [-0.2, 0) is 11.3 Å². The normalized spacial score (nSPS) is 18.1. The van der Waals surface area contributed by atoms with Crippen molar-refractivity contribution in [1.82, 2.24) is 4.90 Å². The summed E-state index contributed by atoms with van der Waals surface area (Å²) in [6.45, 7) is 3.41. The molecule has 1 aromatic carbocycles. The number of likely N-dealkylation sites (tertiary alicyclic amines) is 1. The number of halogens is 1. The van der Waals surface area contributed by atoms with E-state index in [1.807, 2.05) is 0 Å². The van der Waals surface area contributed by atoms with Gasteiger partial charge in [-0.25, -0.2) is 4.39 Å². The maximum absolute atomic E-state index is 13.7. The Hall–Kier alpha value is -1.13. The van der Waals surface area contributed by atoms with Gasteiger partial charge in [0.2, 0.25) is 0 Å². The molecule has 18 heavy (non-hydrogen) atoms. The first kappa shape index (κ1) is 13.3. The number of methoxy groups -OCH3 is 1. The van der Waals surface area contributed by atoms with Gasteiger partial charge in [-0.2, -0.15) is 0 Å². The number of nitrogen functional groups attached to an aromatic ring is 1. The number of ether oxygens (including phenoxy) is 1. The van der Waals surface area contributed by atoms with Crippen LogP contribution in [-0.4, -0.2) is 31.7 Å². The van der Waals surface area contributed by atoms with Crippen molar-refractivity contribution in [2.45, 2.75) is 19.4 Å². The average molecular weight is 252 g/mol. The van der Waals surface area contributed by atoms with Crippen LogP contribution in [0.1, 0.15) is 18.4 Å². The van der Waals surface area contributed by atoms with E-state index in [4.69, 9.17) is 10.5 Å². The molecular formula is C14H21FN2O. The Labute approximate surface area is 108 Å². The maximum Gasteiger partial charge on any atom is 0.129 e. The van der Waals surface area contributed by atoms with E-state index < -0.39 is 0 Å². The molecule has 0 unspecified atom stereocenters. The van der Waals surface area contributed by atoms with Crippen molar-refractivity contribution in [2.24, 2.45) is 5.92 Å². The fraction of sp³-hybridized carbons (Fsp3) is 0.571. The van der Waals surface area contributed by atoms with Crippen LogP contribution in [0.15, 0.2) is 18.2 Å². The second-order valence-electron chi connectivity index (χ2n) is 4.98. The van der Waals surface area contributed by atoms with Crippen molar-refractivity contribution in [1.29, 1.82) is 0 Å². The molecule has 0 spiro atoms. The molecule has 1 aliphatic heterocycles. The molecule has 0 aromatic heterocycles. The number of nitrogens with two attached hydrogens (primary N) is 1. The lowest BCUT2D eigenvalue weighted by molar-refractivity contribution is 0.0964. The van der Waals surface area contributed by atoms with Gasteiger partial charge in [-0.05, 0) is 44.0 Å². The lowest BCUT2D eigenvalue weighted by Gasteiger charge is -2.31.